The van der Waals surface area contributed by atoms with Crippen LogP contribution in [0.4, 0.5) is 10.2 Å². The Balaban J connectivity index is 1.10. The van der Waals surface area contributed by atoms with E-state index in [9.17, 15) is 9.50 Å². The molecule has 0 amide bonds. The number of nitrogen functional groups attached to an aromatic ring is 1. The molecule has 0 spiro atoms. The van der Waals surface area contributed by atoms with Crippen molar-refractivity contribution in [3.63, 3.8) is 0 Å². The predicted molar refractivity (Wildman–Crippen MR) is 116 cm³/mol. The third-order valence-corrected chi connectivity index (χ3v) is 7.27. The number of allylic oxidation sites excluding steroid dienone is 1. The fraction of sp³-hybridized carbons (Fsp3) is 0.619. The number of alkyl halides is 1. The molecule has 0 aromatic carbocycles. The van der Waals surface area contributed by atoms with E-state index >= 15 is 0 Å². The smallest absolute Gasteiger partial charge is 0.148 e. The standard InChI is InChI=1S/C21H27BrFN5O2/c22-13-7-28(19-17(13)18(24)26-12-27-19)16-6-14(29)15(30-16)4-2-1-3-5-25-11-20-8-21(23,9-20)10-20/h2,4,7,12,14-16,25,29H,1,3,5-6,8-11H2,(H2,24,26,27)/b4-2+/t14-,15+,16+,20?,21?/m0/s1. The van der Waals surface area contributed by atoms with E-state index in [1.165, 1.54) is 6.33 Å². The number of unbranched alkanes of at least 4 members (excludes halogenated alkanes) is 1. The number of nitrogens with one attached hydrogen (secondary N) is 1. The van der Waals surface area contributed by atoms with Crippen LogP contribution in [0.5, 0.6) is 0 Å². The number of fused-ring (bicyclic) bond motifs is 1. The van der Waals surface area contributed by atoms with Gasteiger partial charge in [0.15, 0.2) is 0 Å². The number of nitrogens with two attached hydrogens (primary N) is 1. The number of anilines is 1. The fourth-order valence-electron chi connectivity index (χ4n) is 5.28. The molecule has 6 rings (SSSR count). The summed E-state index contributed by atoms with van der Waals surface area (Å²) >= 11 is 3.51. The van der Waals surface area contributed by atoms with Crippen LogP contribution in [0.3, 0.4) is 0 Å². The number of aliphatic hydroxyl groups is 1. The molecule has 30 heavy (non-hydrogen) atoms. The summed E-state index contributed by atoms with van der Waals surface area (Å²) in [6.45, 7) is 1.86. The molecule has 4 aliphatic rings. The average molecular weight is 480 g/mol. The van der Waals surface area contributed by atoms with Crippen molar-refractivity contribution in [3.05, 3.63) is 29.1 Å². The number of aromatic nitrogens is 3. The molecule has 2 aromatic heterocycles. The first kappa shape index (κ1) is 20.4. The van der Waals surface area contributed by atoms with Crippen LogP contribution in [0.2, 0.25) is 0 Å². The molecule has 4 N–H and O–H groups in total. The van der Waals surface area contributed by atoms with Crippen molar-refractivity contribution in [1.82, 2.24) is 19.9 Å². The predicted octanol–water partition coefficient (Wildman–Crippen LogP) is 3.24. The van der Waals surface area contributed by atoms with Crippen molar-refractivity contribution in [2.75, 3.05) is 18.8 Å². The quantitative estimate of drug-likeness (QED) is 0.397. The topological polar surface area (TPSA) is 98.2 Å². The Bertz CT molecular complexity index is 960. The molecular weight excluding hydrogens is 453 g/mol. The van der Waals surface area contributed by atoms with E-state index in [1.807, 2.05) is 16.8 Å². The van der Waals surface area contributed by atoms with Crippen LogP contribution in [0.25, 0.3) is 11.0 Å². The van der Waals surface area contributed by atoms with Crippen LogP contribution in [0.1, 0.15) is 44.8 Å². The first-order valence-electron chi connectivity index (χ1n) is 10.5. The number of hydrogen-bond acceptors (Lipinski definition) is 6. The molecule has 0 radical (unpaired) electrons. The molecule has 3 aliphatic carbocycles. The van der Waals surface area contributed by atoms with E-state index in [2.05, 4.69) is 37.3 Å². The molecule has 9 heteroatoms. The summed E-state index contributed by atoms with van der Waals surface area (Å²) < 4.78 is 22.3. The van der Waals surface area contributed by atoms with Gasteiger partial charge in [0.05, 0.1) is 11.5 Å². The fourth-order valence-corrected chi connectivity index (χ4v) is 5.88. The highest BCUT2D eigenvalue weighted by Crippen LogP contribution is 2.69. The number of hydrogen-bond donors (Lipinski definition) is 3. The molecule has 162 valence electrons. The second-order valence-electron chi connectivity index (χ2n) is 9.13. The lowest BCUT2D eigenvalue weighted by molar-refractivity contribution is -0.209. The van der Waals surface area contributed by atoms with E-state index in [0.717, 1.165) is 55.1 Å². The van der Waals surface area contributed by atoms with Crippen LogP contribution in [0, 0.1) is 5.41 Å². The Labute approximate surface area is 183 Å². The minimum absolute atomic E-state index is 0.259. The van der Waals surface area contributed by atoms with E-state index in [1.54, 1.807) is 0 Å². The number of aliphatic hydroxyl groups excluding tert-OH is 1. The van der Waals surface area contributed by atoms with Crippen LogP contribution in [-0.2, 0) is 4.74 Å². The molecule has 7 nitrogen and oxygen atoms in total. The van der Waals surface area contributed by atoms with E-state index in [-0.39, 0.29) is 17.7 Å². The van der Waals surface area contributed by atoms with Gasteiger partial charge in [-0.15, -0.1) is 0 Å². The van der Waals surface area contributed by atoms with Crippen LogP contribution >= 0.6 is 15.9 Å². The zero-order chi connectivity index (χ0) is 20.9. The zero-order valence-electron chi connectivity index (χ0n) is 16.7. The number of nitrogens with zero attached hydrogens (tertiary/aromatic N) is 3. The molecule has 2 aromatic rings. The summed E-state index contributed by atoms with van der Waals surface area (Å²) in [6.07, 6.45) is 10.7. The maximum atomic E-state index is 13.5. The minimum Gasteiger partial charge on any atom is -0.390 e. The lowest BCUT2D eigenvalue weighted by Gasteiger charge is -2.66. The Morgan fingerprint density at radius 2 is 2.20 bits per heavy atom. The average Bonchev–Trinajstić information content (AvgIpc) is 3.19. The number of rotatable bonds is 8. The van der Waals surface area contributed by atoms with Gasteiger partial charge >= 0.3 is 0 Å². The lowest BCUT2D eigenvalue weighted by Crippen LogP contribution is -2.67. The second-order valence-corrected chi connectivity index (χ2v) is 9.98. The Hall–Kier alpha value is -1.55. The molecule has 0 unspecified atom stereocenters. The van der Waals surface area contributed by atoms with E-state index in [4.69, 9.17) is 10.5 Å². The summed E-state index contributed by atoms with van der Waals surface area (Å²) in [5, 5.41) is 14.7. The van der Waals surface area contributed by atoms with Crippen molar-refractivity contribution >= 4 is 32.8 Å². The van der Waals surface area contributed by atoms with Gasteiger partial charge in [0.2, 0.25) is 0 Å². The van der Waals surface area contributed by atoms with Crippen molar-refractivity contribution in [1.29, 1.82) is 0 Å². The van der Waals surface area contributed by atoms with Gasteiger partial charge in [0, 0.05) is 23.6 Å². The monoisotopic (exact) mass is 479 g/mol. The van der Waals surface area contributed by atoms with Crippen molar-refractivity contribution < 1.29 is 14.2 Å². The second kappa shape index (κ2) is 7.55. The van der Waals surface area contributed by atoms with Gasteiger partial charge in [0.1, 0.15) is 35.8 Å². The van der Waals surface area contributed by atoms with E-state index in [0.29, 0.717) is 17.9 Å². The van der Waals surface area contributed by atoms with Gasteiger partial charge in [-0.2, -0.15) is 0 Å². The summed E-state index contributed by atoms with van der Waals surface area (Å²) in [5.74, 6) is 0.410. The zero-order valence-corrected chi connectivity index (χ0v) is 18.3. The molecule has 2 bridgehead atoms. The highest BCUT2D eigenvalue weighted by atomic mass is 79.9. The summed E-state index contributed by atoms with van der Waals surface area (Å²) in [5.41, 5.74) is 6.10. The molecule has 3 saturated carbocycles. The first-order chi connectivity index (χ1) is 14.4. The largest absolute Gasteiger partial charge is 0.390 e. The van der Waals surface area contributed by atoms with Crippen LogP contribution < -0.4 is 11.1 Å². The molecule has 3 heterocycles. The van der Waals surface area contributed by atoms with Crippen LogP contribution in [-0.4, -0.2) is 50.6 Å². The molecule has 1 aliphatic heterocycles. The van der Waals surface area contributed by atoms with Crippen molar-refractivity contribution in [2.24, 2.45) is 5.41 Å². The maximum Gasteiger partial charge on any atom is 0.148 e. The summed E-state index contributed by atoms with van der Waals surface area (Å²) in [4.78, 5) is 8.37. The van der Waals surface area contributed by atoms with Crippen molar-refractivity contribution in [3.8, 4) is 0 Å². The van der Waals surface area contributed by atoms with Gasteiger partial charge < -0.3 is 25.5 Å². The van der Waals surface area contributed by atoms with Crippen LogP contribution in [0.15, 0.2) is 29.1 Å². The van der Waals surface area contributed by atoms with Gasteiger partial charge in [-0.1, -0.05) is 12.2 Å². The normalized spacial score (nSPS) is 35.1. The maximum absolute atomic E-state index is 13.5. The Morgan fingerprint density at radius 3 is 2.97 bits per heavy atom. The van der Waals surface area contributed by atoms with Gasteiger partial charge in [0.25, 0.3) is 0 Å². The number of ether oxygens (including phenoxy) is 1. The summed E-state index contributed by atoms with van der Waals surface area (Å²) in [7, 11) is 0. The molecular formula is C21H27BrFN5O2. The van der Waals surface area contributed by atoms with Gasteiger partial charge in [-0.05, 0) is 60.0 Å². The summed E-state index contributed by atoms with van der Waals surface area (Å²) in [6, 6.07) is 0. The molecule has 4 fully saturated rings. The molecule has 3 atom stereocenters. The Kier molecular flexibility index (Phi) is 5.12. The van der Waals surface area contributed by atoms with E-state index < -0.39 is 11.8 Å². The highest BCUT2D eigenvalue weighted by Gasteiger charge is 2.68. The third kappa shape index (κ3) is 3.55. The minimum atomic E-state index is -0.813. The van der Waals surface area contributed by atoms with Gasteiger partial charge in [-0.25, -0.2) is 14.4 Å². The number of halogens is 2. The lowest BCUT2D eigenvalue weighted by atomic mass is 9.42. The van der Waals surface area contributed by atoms with Gasteiger partial charge in [-0.3, -0.25) is 0 Å². The SMILES string of the molecule is Nc1ncnc2c1c(Br)cn2[C@H]1C[C@H](O)[C@@H](/C=C/CCCNCC23CC(F)(C2)C3)O1. The Morgan fingerprint density at radius 1 is 1.40 bits per heavy atom. The van der Waals surface area contributed by atoms with Crippen molar-refractivity contribution in [2.45, 2.75) is 62.6 Å². The first-order valence-corrected chi connectivity index (χ1v) is 11.3. The molecule has 1 saturated heterocycles. The third-order valence-electron chi connectivity index (χ3n) is 6.66. The highest BCUT2D eigenvalue weighted by molar-refractivity contribution is 9.10.